The average Bonchev–Trinajstić information content (AvgIpc) is 2.25. The molecule has 0 saturated heterocycles. The van der Waals surface area contributed by atoms with Crippen LogP contribution in [0, 0.1) is 17.1 Å². The first-order chi connectivity index (χ1) is 7.56. The van der Waals surface area contributed by atoms with E-state index in [4.69, 9.17) is 5.26 Å². The quantitative estimate of drug-likeness (QED) is 0.848. The topological polar surface area (TPSA) is 27.0 Å². The van der Waals surface area contributed by atoms with Crippen molar-refractivity contribution in [1.29, 1.82) is 5.26 Å². The lowest BCUT2D eigenvalue weighted by atomic mass is 10.1. The fraction of sp³-hybridized carbons (Fsp3) is 0.417. The summed E-state index contributed by atoms with van der Waals surface area (Å²) in [6.45, 7) is 2.61. The Morgan fingerprint density at radius 2 is 2.25 bits per heavy atom. The van der Waals surface area contributed by atoms with Crippen LogP contribution in [0.1, 0.15) is 18.9 Å². The van der Waals surface area contributed by atoms with Crippen molar-refractivity contribution in [3.05, 3.63) is 34.1 Å². The molecule has 0 saturated carbocycles. The summed E-state index contributed by atoms with van der Waals surface area (Å²) in [5.74, 6) is -0.251. The van der Waals surface area contributed by atoms with Crippen LogP contribution in [0.2, 0.25) is 0 Å². The third-order valence-corrected chi connectivity index (χ3v) is 3.48. The highest BCUT2D eigenvalue weighted by Gasteiger charge is 2.12. The van der Waals surface area contributed by atoms with Crippen molar-refractivity contribution < 1.29 is 4.39 Å². The van der Waals surface area contributed by atoms with Gasteiger partial charge in [0.05, 0.1) is 17.0 Å². The number of rotatable bonds is 4. The molecule has 1 aromatic rings. The Morgan fingerprint density at radius 3 is 2.88 bits per heavy atom. The molecule has 1 atom stereocenters. The van der Waals surface area contributed by atoms with Crippen LogP contribution in [-0.4, -0.2) is 18.0 Å². The van der Waals surface area contributed by atoms with Crippen LogP contribution < -0.4 is 0 Å². The van der Waals surface area contributed by atoms with Gasteiger partial charge in [0, 0.05) is 12.6 Å². The van der Waals surface area contributed by atoms with Gasteiger partial charge in [-0.25, -0.2) is 4.39 Å². The molecule has 1 unspecified atom stereocenters. The lowest BCUT2D eigenvalue weighted by Crippen LogP contribution is -2.28. The van der Waals surface area contributed by atoms with Gasteiger partial charge in [0.15, 0.2) is 0 Å². The molecule has 2 nitrogen and oxygen atoms in total. The Kier molecular flexibility index (Phi) is 4.91. The maximum absolute atomic E-state index is 13.3. The summed E-state index contributed by atoms with van der Waals surface area (Å²) in [4.78, 5) is 2.03. The van der Waals surface area contributed by atoms with Gasteiger partial charge < -0.3 is 0 Å². The highest BCUT2D eigenvalue weighted by Crippen LogP contribution is 2.22. The lowest BCUT2D eigenvalue weighted by molar-refractivity contribution is 0.251. The number of nitrogens with zero attached hydrogens (tertiary/aromatic N) is 2. The first-order valence-electron chi connectivity index (χ1n) is 5.06. The molecule has 1 aromatic carbocycles. The average molecular weight is 285 g/mol. The Labute approximate surface area is 104 Å². The zero-order valence-corrected chi connectivity index (χ0v) is 11.0. The second kappa shape index (κ2) is 5.97. The third-order valence-electron chi connectivity index (χ3n) is 2.59. The van der Waals surface area contributed by atoms with Crippen LogP contribution in [0.25, 0.3) is 0 Å². The van der Waals surface area contributed by atoms with E-state index >= 15 is 0 Å². The maximum atomic E-state index is 13.3. The standard InChI is InChI=1S/C12H14BrFN2/c1-9(6-7-15)16(2)8-10-4-3-5-11(14)12(10)13/h3-5,9H,6,8H2,1-2H3. The second-order valence-corrected chi connectivity index (χ2v) is 4.63. The van der Waals surface area contributed by atoms with Gasteiger partial charge in [-0.1, -0.05) is 12.1 Å². The normalized spacial score (nSPS) is 12.5. The molecule has 0 aliphatic heterocycles. The Morgan fingerprint density at radius 1 is 1.56 bits per heavy atom. The van der Waals surface area contributed by atoms with Crippen LogP contribution in [0.4, 0.5) is 4.39 Å². The molecular weight excluding hydrogens is 271 g/mol. The number of hydrogen-bond acceptors (Lipinski definition) is 2. The van der Waals surface area contributed by atoms with E-state index in [0.717, 1.165) is 5.56 Å². The van der Waals surface area contributed by atoms with E-state index in [1.54, 1.807) is 6.07 Å². The molecule has 0 aliphatic rings. The van der Waals surface area contributed by atoms with Gasteiger partial charge in [0.25, 0.3) is 0 Å². The summed E-state index contributed by atoms with van der Waals surface area (Å²) in [5.41, 5.74) is 0.896. The predicted molar refractivity (Wildman–Crippen MR) is 65.3 cm³/mol. The van der Waals surface area contributed by atoms with Crippen LogP contribution >= 0.6 is 15.9 Å². The minimum absolute atomic E-state index is 0.167. The molecule has 0 bridgehead atoms. The largest absolute Gasteiger partial charge is 0.298 e. The molecule has 0 aromatic heterocycles. The Hall–Kier alpha value is -0.920. The van der Waals surface area contributed by atoms with E-state index in [-0.39, 0.29) is 11.9 Å². The Balaban J connectivity index is 2.74. The van der Waals surface area contributed by atoms with E-state index in [1.165, 1.54) is 6.07 Å². The van der Waals surface area contributed by atoms with E-state index in [2.05, 4.69) is 22.0 Å². The number of nitriles is 1. The highest BCUT2D eigenvalue weighted by atomic mass is 79.9. The molecule has 0 amide bonds. The molecule has 0 radical (unpaired) electrons. The summed E-state index contributed by atoms with van der Waals surface area (Å²) in [5, 5.41) is 8.60. The summed E-state index contributed by atoms with van der Waals surface area (Å²) >= 11 is 3.23. The zero-order valence-electron chi connectivity index (χ0n) is 9.37. The molecule has 0 fully saturated rings. The lowest BCUT2D eigenvalue weighted by Gasteiger charge is -2.23. The number of benzene rings is 1. The van der Waals surface area contributed by atoms with Crippen molar-refractivity contribution in [3.8, 4) is 6.07 Å². The SMILES string of the molecule is CC(CC#N)N(C)Cc1cccc(F)c1Br. The van der Waals surface area contributed by atoms with E-state index in [9.17, 15) is 4.39 Å². The van der Waals surface area contributed by atoms with Crippen molar-refractivity contribution in [3.63, 3.8) is 0 Å². The van der Waals surface area contributed by atoms with Crippen LogP contribution in [-0.2, 0) is 6.54 Å². The van der Waals surface area contributed by atoms with Crippen molar-refractivity contribution in [2.75, 3.05) is 7.05 Å². The van der Waals surface area contributed by atoms with Gasteiger partial charge in [-0.3, -0.25) is 4.90 Å². The maximum Gasteiger partial charge on any atom is 0.137 e. The second-order valence-electron chi connectivity index (χ2n) is 3.84. The van der Waals surface area contributed by atoms with Crippen LogP contribution in [0.3, 0.4) is 0 Å². The van der Waals surface area contributed by atoms with Crippen LogP contribution in [0.15, 0.2) is 22.7 Å². The fourth-order valence-electron chi connectivity index (χ4n) is 1.38. The minimum Gasteiger partial charge on any atom is -0.298 e. The fourth-order valence-corrected chi connectivity index (χ4v) is 1.77. The highest BCUT2D eigenvalue weighted by molar-refractivity contribution is 9.10. The smallest absolute Gasteiger partial charge is 0.137 e. The Bertz CT molecular complexity index is 400. The van der Waals surface area contributed by atoms with E-state index in [1.807, 2.05) is 24.9 Å². The molecule has 4 heteroatoms. The monoisotopic (exact) mass is 284 g/mol. The van der Waals surface area contributed by atoms with Gasteiger partial charge >= 0.3 is 0 Å². The van der Waals surface area contributed by atoms with Crippen molar-refractivity contribution in [2.24, 2.45) is 0 Å². The molecule has 0 aliphatic carbocycles. The summed E-state index contributed by atoms with van der Waals surface area (Å²) in [7, 11) is 1.93. The summed E-state index contributed by atoms with van der Waals surface area (Å²) in [6.07, 6.45) is 0.476. The molecular formula is C12H14BrFN2. The summed E-state index contributed by atoms with van der Waals surface area (Å²) in [6, 6.07) is 7.29. The van der Waals surface area contributed by atoms with E-state index in [0.29, 0.717) is 17.4 Å². The van der Waals surface area contributed by atoms with Gasteiger partial charge in [0.2, 0.25) is 0 Å². The van der Waals surface area contributed by atoms with Crippen molar-refractivity contribution >= 4 is 15.9 Å². The van der Waals surface area contributed by atoms with Crippen LogP contribution in [0.5, 0.6) is 0 Å². The minimum atomic E-state index is -0.251. The first-order valence-corrected chi connectivity index (χ1v) is 5.85. The molecule has 0 spiro atoms. The third kappa shape index (κ3) is 3.29. The van der Waals surface area contributed by atoms with E-state index < -0.39 is 0 Å². The summed E-state index contributed by atoms with van der Waals surface area (Å²) < 4.78 is 13.8. The molecule has 0 N–H and O–H groups in total. The van der Waals surface area contributed by atoms with Crippen molar-refractivity contribution in [2.45, 2.75) is 25.9 Å². The zero-order chi connectivity index (χ0) is 12.1. The molecule has 16 heavy (non-hydrogen) atoms. The van der Waals surface area contributed by atoms with Gasteiger partial charge in [-0.05, 0) is 41.5 Å². The first kappa shape index (κ1) is 13.1. The molecule has 1 rings (SSSR count). The van der Waals surface area contributed by atoms with Gasteiger partial charge in [-0.15, -0.1) is 0 Å². The van der Waals surface area contributed by atoms with Gasteiger partial charge in [0.1, 0.15) is 5.82 Å². The predicted octanol–water partition coefficient (Wildman–Crippen LogP) is 3.32. The van der Waals surface area contributed by atoms with Crippen molar-refractivity contribution in [1.82, 2.24) is 4.90 Å². The molecule has 86 valence electrons. The number of halogens is 2. The number of hydrogen-bond donors (Lipinski definition) is 0. The van der Waals surface area contributed by atoms with Gasteiger partial charge in [-0.2, -0.15) is 5.26 Å². The molecule has 0 heterocycles.